The van der Waals surface area contributed by atoms with Crippen molar-refractivity contribution in [1.29, 1.82) is 0 Å². The van der Waals surface area contributed by atoms with Crippen LogP contribution < -0.4 is 4.90 Å². The summed E-state index contributed by atoms with van der Waals surface area (Å²) in [7, 11) is 1.74. The second-order valence-electron chi connectivity index (χ2n) is 6.37. The van der Waals surface area contributed by atoms with Gasteiger partial charge in [-0.1, -0.05) is 6.07 Å². The number of β-amino-alcohol motifs (C(OH)–C–C–N with tert-alkyl or cyclic N) is 1. The molecule has 3 rings (SSSR count). The number of aliphatic hydroxyl groups is 1. The molecule has 128 valence electrons. The summed E-state index contributed by atoms with van der Waals surface area (Å²) in [6.07, 6.45) is 2.65. The fraction of sp³-hybridized carbons (Fsp3) is 0.471. The topological polar surface area (TPSA) is 69.6 Å². The highest BCUT2D eigenvalue weighted by Gasteiger charge is 2.38. The standard InChI is InChI=1S/C17H22N4O2S/c1-13-19-14(10-24-13)9-16(22)20(2)11-17(23)6-8-21(12-17)15-5-3-4-7-18-15/h3-5,7,10,23H,6,8-9,11-12H2,1-2H3/t17-/m1/s1. The van der Waals surface area contributed by atoms with Gasteiger partial charge >= 0.3 is 0 Å². The Labute approximate surface area is 145 Å². The van der Waals surface area contributed by atoms with Crippen molar-refractivity contribution in [2.45, 2.75) is 25.4 Å². The molecular weight excluding hydrogens is 324 g/mol. The Balaban J connectivity index is 1.57. The van der Waals surface area contributed by atoms with Crippen LogP contribution in [-0.2, 0) is 11.2 Å². The van der Waals surface area contributed by atoms with E-state index in [0.717, 1.165) is 23.1 Å². The minimum absolute atomic E-state index is 0.0231. The first kappa shape index (κ1) is 16.9. The van der Waals surface area contributed by atoms with Gasteiger partial charge in [0.05, 0.1) is 23.7 Å². The molecule has 0 radical (unpaired) electrons. The third-order valence-corrected chi connectivity index (χ3v) is 5.08. The van der Waals surface area contributed by atoms with Gasteiger partial charge in [0.2, 0.25) is 5.91 Å². The van der Waals surface area contributed by atoms with E-state index < -0.39 is 5.60 Å². The molecule has 0 bridgehead atoms. The second kappa shape index (κ2) is 6.86. The number of anilines is 1. The molecule has 1 aliphatic rings. The van der Waals surface area contributed by atoms with Gasteiger partial charge in [0.1, 0.15) is 11.4 Å². The lowest BCUT2D eigenvalue weighted by Gasteiger charge is -2.29. The van der Waals surface area contributed by atoms with Gasteiger partial charge in [0.25, 0.3) is 0 Å². The van der Waals surface area contributed by atoms with E-state index in [9.17, 15) is 9.90 Å². The maximum absolute atomic E-state index is 12.4. The van der Waals surface area contributed by atoms with Crippen LogP contribution in [0.1, 0.15) is 17.1 Å². The molecule has 0 saturated carbocycles. The summed E-state index contributed by atoms with van der Waals surface area (Å²) in [6, 6.07) is 5.74. The SMILES string of the molecule is Cc1nc(CC(=O)N(C)C[C@]2(O)CCN(c3ccccn3)C2)cs1. The van der Waals surface area contributed by atoms with Crippen molar-refractivity contribution in [3.63, 3.8) is 0 Å². The minimum Gasteiger partial charge on any atom is -0.386 e. The van der Waals surface area contributed by atoms with Crippen molar-refractivity contribution in [3.05, 3.63) is 40.5 Å². The summed E-state index contributed by atoms with van der Waals surface area (Å²) >= 11 is 1.54. The predicted molar refractivity (Wildman–Crippen MR) is 94.2 cm³/mol. The van der Waals surface area contributed by atoms with Crippen LogP contribution in [0.5, 0.6) is 0 Å². The Kier molecular flexibility index (Phi) is 4.82. The van der Waals surface area contributed by atoms with Crippen LogP contribution in [-0.4, -0.2) is 58.2 Å². The van der Waals surface area contributed by atoms with E-state index in [1.54, 1.807) is 29.5 Å². The molecule has 1 fully saturated rings. The number of pyridine rings is 1. The van der Waals surface area contributed by atoms with Crippen LogP contribution in [0.3, 0.4) is 0 Å². The highest BCUT2D eigenvalue weighted by Crippen LogP contribution is 2.26. The van der Waals surface area contributed by atoms with Crippen molar-refractivity contribution >= 4 is 23.1 Å². The third kappa shape index (κ3) is 3.91. The van der Waals surface area contributed by atoms with Crippen LogP contribution in [0.25, 0.3) is 0 Å². The maximum Gasteiger partial charge on any atom is 0.228 e. The van der Waals surface area contributed by atoms with Gasteiger partial charge < -0.3 is 14.9 Å². The number of nitrogens with zero attached hydrogens (tertiary/aromatic N) is 4. The molecule has 0 aromatic carbocycles. The number of rotatable bonds is 5. The molecule has 1 amide bonds. The van der Waals surface area contributed by atoms with E-state index in [2.05, 4.69) is 14.9 Å². The van der Waals surface area contributed by atoms with Crippen LogP contribution >= 0.6 is 11.3 Å². The lowest BCUT2D eigenvalue weighted by molar-refractivity contribution is -0.132. The van der Waals surface area contributed by atoms with Crippen molar-refractivity contribution in [1.82, 2.24) is 14.9 Å². The molecule has 1 atom stereocenters. The fourth-order valence-corrected chi connectivity index (χ4v) is 3.64. The van der Waals surface area contributed by atoms with Crippen LogP contribution in [0.4, 0.5) is 5.82 Å². The molecule has 2 aromatic heterocycles. The largest absolute Gasteiger partial charge is 0.386 e. The van der Waals surface area contributed by atoms with Gasteiger partial charge in [-0.25, -0.2) is 9.97 Å². The number of carbonyl (C=O) groups is 1. The summed E-state index contributed by atoms with van der Waals surface area (Å²) in [5.41, 5.74) is -0.109. The first-order chi connectivity index (χ1) is 11.5. The number of aryl methyl sites for hydroxylation is 1. The van der Waals surface area contributed by atoms with Crippen molar-refractivity contribution in [3.8, 4) is 0 Å². The summed E-state index contributed by atoms with van der Waals surface area (Å²) in [5, 5.41) is 13.7. The van der Waals surface area contributed by atoms with E-state index in [1.165, 1.54) is 0 Å². The minimum atomic E-state index is -0.903. The van der Waals surface area contributed by atoms with E-state index in [1.807, 2.05) is 30.5 Å². The Morgan fingerprint density at radius 1 is 1.50 bits per heavy atom. The quantitative estimate of drug-likeness (QED) is 0.888. The van der Waals surface area contributed by atoms with Gasteiger partial charge in [-0.15, -0.1) is 11.3 Å². The number of carbonyl (C=O) groups excluding carboxylic acids is 1. The molecule has 1 N–H and O–H groups in total. The average Bonchev–Trinajstić information content (AvgIpc) is 3.14. The Morgan fingerprint density at radius 3 is 3.00 bits per heavy atom. The third-order valence-electron chi connectivity index (χ3n) is 4.26. The molecule has 6 nitrogen and oxygen atoms in total. The fourth-order valence-electron chi connectivity index (χ4n) is 3.03. The van der Waals surface area contributed by atoms with Gasteiger partial charge in [-0.05, 0) is 25.5 Å². The Bertz CT molecular complexity index is 706. The number of hydrogen-bond donors (Lipinski definition) is 1. The van der Waals surface area contributed by atoms with Crippen LogP contribution in [0.2, 0.25) is 0 Å². The lowest BCUT2D eigenvalue weighted by atomic mass is 10.0. The van der Waals surface area contributed by atoms with Crippen molar-refractivity contribution in [2.24, 2.45) is 0 Å². The smallest absolute Gasteiger partial charge is 0.228 e. The summed E-state index contributed by atoms with van der Waals surface area (Å²) in [6.45, 7) is 3.46. The molecular formula is C17H22N4O2S. The zero-order valence-corrected chi connectivity index (χ0v) is 14.8. The molecule has 0 unspecified atom stereocenters. The van der Waals surface area contributed by atoms with Crippen molar-refractivity contribution < 1.29 is 9.90 Å². The maximum atomic E-state index is 12.4. The zero-order valence-electron chi connectivity index (χ0n) is 14.0. The predicted octanol–water partition coefficient (Wildman–Crippen LogP) is 1.49. The first-order valence-electron chi connectivity index (χ1n) is 7.98. The van der Waals surface area contributed by atoms with Gasteiger partial charge in [-0.2, -0.15) is 0 Å². The second-order valence-corrected chi connectivity index (χ2v) is 7.43. The van der Waals surface area contributed by atoms with Gasteiger partial charge in [0.15, 0.2) is 0 Å². The van der Waals surface area contributed by atoms with E-state index in [0.29, 0.717) is 19.5 Å². The monoisotopic (exact) mass is 346 g/mol. The number of amides is 1. The van der Waals surface area contributed by atoms with Crippen molar-refractivity contribution in [2.75, 3.05) is 31.6 Å². The lowest BCUT2D eigenvalue weighted by Crippen LogP contribution is -2.46. The number of likely N-dealkylation sites (N-methyl/N-ethyl adjacent to an activating group) is 1. The first-order valence-corrected chi connectivity index (χ1v) is 8.86. The molecule has 1 saturated heterocycles. The van der Waals surface area contributed by atoms with E-state index >= 15 is 0 Å². The van der Waals surface area contributed by atoms with Gasteiger partial charge in [0, 0.05) is 31.7 Å². The number of thiazole rings is 1. The normalized spacial score (nSPS) is 20.4. The Morgan fingerprint density at radius 2 is 2.33 bits per heavy atom. The summed E-state index contributed by atoms with van der Waals surface area (Å²) in [4.78, 5) is 24.7. The molecule has 7 heteroatoms. The molecule has 24 heavy (non-hydrogen) atoms. The summed E-state index contributed by atoms with van der Waals surface area (Å²) in [5.74, 6) is 0.838. The zero-order chi connectivity index (χ0) is 17.2. The van der Waals surface area contributed by atoms with Gasteiger partial charge in [-0.3, -0.25) is 4.79 Å². The Hall–Kier alpha value is -1.99. The molecule has 2 aromatic rings. The summed E-state index contributed by atoms with van der Waals surface area (Å²) < 4.78 is 0. The highest BCUT2D eigenvalue weighted by atomic mass is 32.1. The van der Waals surface area contributed by atoms with Crippen LogP contribution in [0, 0.1) is 6.92 Å². The molecule has 1 aliphatic heterocycles. The van der Waals surface area contributed by atoms with E-state index in [4.69, 9.17) is 0 Å². The van der Waals surface area contributed by atoms with E-state index in [-0.39, 0.29) is 12.3 Å². The molecule has 3 heterocycles. The molecule has 0 spiro atoms. The number of aromatic nitrogens is 2. The molecule has 0 aliphatic carbocycles. The average molecular weight is 346 g/mol. The number of hydrogen-bond acceptors (Lipinski definition) is 6. The van der Waals surface area contributed by atoms with Crippen LogP contribution in [0.15, 0.2) is 29.8 Å². The highest BCUT2D eigenvalue weighted by molar-refractivity contribution is 7.09.